The highest BCUT2D eigenvalue weighted by Crippen LogP contribution is 2.42. The summed E-state index contributed by atoms with van der Waals surface area (Å²) in [7, 11) is 0. The Balaban J connectivity index is 0.826. The molecule has 6 nitrogen and oxygen atoms in total. The Labute approximate surface area is 543 Å². The number of benzene rings is 9. The van der Waals surface area contributed by atoms with Crippen LogP contribution in [0.4, 0.5) is 0 Å². The number of hydrogen-bond acceptors (Lipinski definition) is 15. The average molecular weight is 1300 g/mol. The van der Waals surface area contributed by atoms with Gasteiger partial charge in [0.25, 0.3) is 0 Å². The molecule has 0 spiro atoms. The van der Waals surface area contributed by atoms with E-state index in [4.69, 9.17) is 14.2 Å². The maximum absolute atomic E-state index is 13.1. The highest BCUT2D eigenvalue weighted by atomic mass is 32.2. The Hall–Kier alpha value is -6.24. The van der Waals surface area contributed by atoms with E-state index in [0.29, 0.717) is 17.2 Å². The standard InChI is InChI=1S/C71H60O6S9/c1-5-78-56-20-32-62(33-21-56)84-65-38-26-59(27-39-65)81-47-44-68(72)75-53-14-8-50(9-15-53)71(4,51-10-16-54(17-11-51)76-69(73)45-48-82-60-28-40-66(41-29-60)85-63-34-22-57(23-35-63)79-6-2)52-12-18-55(19-13-52)77-70(74)46-49-83-61-30-42-67(43-31-61)86-64-36-24-58(25-37-64)80-7-3/h8-49H,5-7H2,1-4H3. The summed E-state index contributed by atoms with van der Waals surface area (Å²) in [5.74, 6) is 2.81. The Morgan fingerprint density at radius 3 is 0.709 bits per heavy atom. The van der Waals surface area contributed by atoms with Crippen LogP contribution in [0.15, 0.2) is 312 Å². The fourth-order valence-corrected chi connectivity index (χ4v) is 14.8. The lowest BCUT2D eigenvalue weighted by Gasteiger charge is -2.32. The molecule has 86 heavy (non-hydrogen) atoms. The number of thioether (sulfide) groups is 6. The lowest BCUT2D eigenvalue weighted by Crippen LogP contribution is -2.25. The van der Waals surface area contributed by atoms with Crippen LogP contribution in [0.2, 0.25) is 0 Å². The third-order valence-electron chi connectivity index (χ3n) is 12.8. The normalized spacial score (nSPS) is 12.1. The average Bonchev–Trinajstić information content (AvgIpc) is 1.30. The van der Waals surface area contributed by atoms with Crippen LogP contribution in [0.3, 0.4) is 0 Å². The first-order valence-corrected chi connectivity index (χ1v) is 35.5. The van der Waals surface area contributed by atoms with Crippen molar-refractivity contribution in [2.75, 3.05) is 17.3 Å². The molecule has 0 heterocycles. The number of carbonyl (C=O) groups excluding carboxylic acids is 3. The number of esters is 3. The molecule has 0 aliphatic heterocycles. The van der Waals surface area contributed by atoms with E-state index in [9.17, 15) is 14.4 Å². The predicted molar refractivity (Wildman–Crippen MR) is 367 cm³/mol. The zero-order valence-corrected chi connectivity index (χ0v) is 54.8. The van der Waals surface area contributed by atoms with Gasteiger partial charge in [-0.15, -0.1) is 35.3 Å². The Morgan fingerprint density at radius 1 is 0.302 bits per heavy atom. The monoisotopic (exact) mass is 1300 g/mol. The molecule has 9 rings (SSSR count). The van der Waals surface area contributed by atoms with E-state index < -0.39 is 23.3 Å². The second-order valence-electron chi connectivity index (χ2n) is 18.7. The maximum Gasteiger partial charge on any atom is 0.336 e. The Morgan fingerprint density at radius 2 is 0.500 bits per heavy atom. The van der Waals surface area contributed by atoms with Gasteiger partial charge in [0, 0.05) is 82.4 Å². The van der Waals surface area contributed by atoms with E-state index in [1.165, 1.54) is 82.9 Å². The second kappa shape index (κ2) is 33.2. The molecule has 0 fully saturated rings. The number of hydrogen-bond donors (Lipinski definition) is 0. The van der Waals surface area contributed by atoms with Gasteiger partial charge >= 0.3 is 17.9 Å². The summed E-state index contributed by atoms with van der Waals surface area (Å²) in [4.78, 5) is 53.0. The minimum absolute atomic E-state index is 0.388. The largest absolute Gasteiger partial charge is 0.423 e. The third kappa shape index (κ3) is 19.6. The first-order chi connectivity index (χ1) is 42.0. The van der Waals surface area contributed by atoms with Crippen LogP contribution in [0.25, 0.3) is 0 Å². The SMILES string of the molecule is CCSc1ccc(Sc2ccc(SC=CC(=O)Oc3ccc(C(C)(c4ccc(OC(=O)C=CSc5ccc(Sc6ccc(SCC)cc6)cc5)cc4)c4ccc(OC(=O)C=CSc5ccc(Sc6ccc(SCC)cc6)cc5)cc4)cc3)cc2)cc1. The summed E-state index contributed by atoms with van der Waals surface area (Å²) in [6.45, 7) is 8.55. The Bertz CT molecular complexity index is 3330. The van der Waals surface area contributed by atoms with E-state index in [1.807, 2.05) is 108 Å². The molecule has 0 aromatic heterocycles. The van der Waals surface area contributed by atoms with Crippen LogP contribution >= 0.6 is 106 Å². The van der Waals surface area contributed by atoms with Crippen molar-refractivity contribution in [1.29, 1.82) is 0 Å². The van der Waals surface area contributed by atoms with Gasteiger partial charge in [0.2, 0.25) is 0 Å². The predicted octanol–water partition coefficient (Wildman–Crippen LogP) is 21.5. The van der Waals surface area contributed by atoms with E-state index in [-0.39, 0.29) is 0 Å². The van der Waals surface area contributed by atoms with Gasteiger partial charge < -0.3 is 14.2 Å². The summed E-state index contributed by atoms with van der Waals surface area (Å²) in [6.07, 6.45) is 4.27. The summed E-state index contributed by atoms with van der Waals surface area (Å²) < 4.78 is 17.3. The van der Waals surface area contributed by atoms with Crippen molar-refractivity contribution in [1.82, 2.24) is 0 Å². The molecule has 9 aromatic carbocycles. The van der Waals surface area contributed by atoms with Gasteiger partial charge in [-0.25, -0.2) is 14.4 Å². The molecular weight excluding hydrogens is 1240 g/mol. The molecule has 434 valence electrons. The quantitative estimate of drug-likeness (QED) is 0.0161. The van der Waals surface area contributed by atoms with Crippen LogP contribution in [-0.4, -0.2) is 35.2 Å². The molecule has 0 aliphatic rings. The molecule has 0 aliphatic carbocycles. The first-order valence-electron chi connectivity index (χ1n) is 27.5. The van der Waals surface area contributed by atoms with Crippen LogP contribution in [0.1, 0.15) is 44.4 Å². The summed E-state index contributed by atoms with van der Waals surface area (Å²) >= 11 is 14.9. The van der Waals surface area contributed by atoms with Gasteiger partial charge in [-0.1, -0.05) is 128 Å². The topological polar surface area (TPSA) is 78.9 Å². The van der Waals surface area contributed by atoms with Gasteiger partial charge in [0.05, 0.1) is 0 Å². The molecule has 0 atom stereocenters. The van der Waals surface area contributed by atoms with Gasteiger partial charge in [0.1, 0.15) is 17.2 Å². The zero-order chi connectivity index (χ0) is 59.9. The zero-order valence-electron chi connectivity index (χ0n) is 47.5. The maximum atomic E-state index is 13.1. The van der Waals surface area contributed by atoms with E-state index >= 15 is 0 Å². The second-order valence-corrected chi connectivity index (χ2v) is 29.0. The van der Waals surface area contributed by atoms with E-state index in [1.54, 1.807) is 87.9 Å². The minimum atomic E-state index is -0.775. The number of ether oxygens (including phenoxy) is 3. The molecule has 0 bridgehead atoms. The number of carbonyl (C=O) groups is 3. The van der Waals surface area contributed by atoms with E-state index in [0.717, 1.165) is 63.3 Å². The fraction of sp³-hybridized carbons (Fsp3) is 0.113. The molecule has 0 unspecified atom stereocenters. The van der Waals surface area contributed by atoms with Gasteiger partial charge in [0.15, 0.2) is 0 Å². The van der Waals surface area contributed by atoms with Crippen molar-refractivity contribution < 1.29 is 28.6 Å². The molecule has 9 aromatic rings. The van der Waals surface area contributed by atoms with Crippen molar-refractivity contribution in [3.8, 4) is 17.2 Å². The van der Waals surface area contributed by atoms with Crippen molar-refractivity contribution in [2.45, 2.75) is 91.9 Å². The minimum Gasteiger partial charge on any atom is -0.423 e. The van der Waals surface area contributed by atoms with Crippen LogP contribution in [0, 0.1) is 0 Å². The van der Waals surface area contributed by atoms with Gasteiger partial charge in [-0.3, -0.25) is 0 Å². The third-order valence-corrected chi connectivity index (χ3v) is 20.9. The lowest BCUT2D eigenvalue weighted by atomic mass is 9.71. The molecule has 0 saturated carbocycles. The highest BCUT2D eigenvalue weighted by Gasteiger charge is 2.32. The summed E-state index contributed by atoms with van der Waals surface area (Å²) in [6, 6.07) is 72.8. The van der Waals surface area contributed by atoms with Crippen molar-refractivity contribution in [2.24, 2.45) is 0 Å². The summed E-state index contributed by atoms with van der Waals surface area (Å²) in [5, 5.41) is 5.19. The fourth-order valence-electron chi connectivity index (χ4n) is 8.50. The Kier molecular flexibility index (Phi) is 24.8. The van der Waals surface area contributed by atoms with Crippen LogP contribution in [-0.2, 0) is 19.8 Å². The molecule has 0 amide bonds. The van der Waals surface area contributed by atoms with Gasteiger partial charge in [-0.2, -0.15) is 0 Å². The van der Waals surface area contributed by atoms with Crippen LogP contribution in [0.5, 0.6) is 17.2 Å². The summed E-state index contributed by atoms with van der Waals surface area (Å²) in [5.41, 5.74) is 1.91. The smallest absolute Gasteiger partial charge is 0.336 e. The van der Waals surface area contributed by atoms with Crippen molar-refractivity contribution >= 4 is 124 Å². The first kappa shape index (κ1) is 64.2. The number of rotatable bonds is 27. The molecule has 0 saturated heterocycles. The highest BCUT2D eigenvalue weighted by molar-refractivity contribution is 8.03. The van der Waals surface area contributed by atoms with Crippen LogP contribution < -0.4 is 14.2 Å². The molecule has 0 N–H and O–H groups in total. The van der Waals surface area contributed by atoms with Crippen molar-refractivity contribution in [3.63, 3.8) is 0 Å². The molecule has 0 radical (unpaired) electrons. The van der Waals surface area contributed by atoms with Gasteiger partial charge in [-0.05, 0) is 239 Å². The molecular formula is C71H60O6S9. The van der Waals surface area contributed by atoms with Crippen molar-refractivity contribution in [3.05, 3.63) is 270 Å². The lowest BCUT2D eigenvalue weighted by molar-refractivity contribution is -0.129. The molecule has 15 heteroatoms. The van der Waals surface area contributed by atoms with E-state index in [2.05, 4.69) is 137 Å².